The van der Waals surface area contributed by atoms with E-state index in [0.717, 1.165) is 6.92 Å². The Hall–Kier alpha value is -1.14. The molecule has 60 valence electrons. The molecule has 0 spiro atoms. The molecule has 0 saturated heterocycles. The molecule has 6 N–H and O–H groups in total. The van der Waals surface area contributed by atoms with Gasteiger partial charge in [-0.2, -0.15) is 0 Å². The van der Waals surface area contributed by atoms with E-state index in [9.17, 15) is 9.59 Å². The Morgan fingerprint density at radius 1 is 1.50 bits per heavy atom. The molecule has 0 fully saturated rings. The summed E-state index contributed by atoms with van der Waals surface area (Å²) in [6.07, 6.45) is -1.32. The zero-order chi connectivity index (χ0) is 7.44. The molecule has 6 heteroatoms. The van der Waals surface area contributed by atoms with Crippen LogP contribution in [0.15, 0.2) is 0 Å². The lowest BCUT2D eigenvalue weighted by atomic mass is 10.5. The summed E-state index contributed by atoms with van der Waals surface area (Å²) in [5, 5.41) is 0. The summed E-state index contributed by atoms with van der Waals surface area (Å²) in [5.41, 5.74) is 9.54. The van der Waals surface area contributed by atoms with E-state index < -0.39 is 18.1 Å². The van der Waals surface area contributed by atoms with Gasteiger partial charge < -0.3 is 15.9 Å². The number of carbonyl (C=O) groups excluding carboxylic acids is 2. The van der Waals surface area contributed by atoms with E-state index in [1.165, 1.54) is 0 Å². The topological polar surface area (TPSA) is 127 Å². The van der Waals surface area contributed by atoms with E-state index in [1.807, 2.05) is 0 Å². The number of rotatable bonds is 2. The van der Waals surface area contributed by atoms with Crippen LogP contribution in [0.1, 0.15) is 6.92 Å². The lowest BCUT2D eigenvalue weighted by molar-refractivity contribution is -0.152. The molecule has 0 saturated carbocycles. The molecular formula is C4H10N2O4. The first kappa shape index (κ1) is 11.6. The predicted octanol–water partition coefficient (Wildman–Crippen LogP) is -2.51. The van der Waals surface area contributed by atoms with E-state index in [1.54, 1.807) is 0 Å². The summed E-state index contributed by atoms with van der Waals surface area (Å²) >= 11 is 0. The molecular weight excluding hydrogens is 140 g/mol. The predicted molar refractivity (Wildman–Crippen MR) is 32.5 cm³/mol. The van der Waals surface area contributed by atoms with Crippen LogP contribution in [0.2, 0.25) is 0 Å². The molecule has 10 heavy (non-hydrogen) atoms. The minimum absolute atomic E-state index is 0. The third-order valence-electron chi connectivity index (χ3n) is 0.573. The fourth-order valence-electron chi connectivity index (χ4n) is 0.237. The second-order valence-corrected chi connectivity index (χ2v) is 1.43. The Bertz CT molecular complexity index is 135. The van der Waals surface area contributed by atoms with E-state index >= 15 is 0 Å². The normalized spacial score (nSPS) is 11.0. The van der Waals surface area contributed by atoms with Crippen molar-refractivity contribution in [3.8, 4) is 0 Å². The highest BCUT2D eigenvalue weighted by Gasteiger charge is 2.10. The average molecular weight is 150 g/mol. The van der Waals surface area contributed by atoms with Gasteiger partial charge in [-0.15, -0.1) is 0 Å². The molecule has 1 amide bonds. The summed E-state index contributed by atoms with van der Waals surface area (Å²) in [5.74, 6) is -1.48. The fraction of sp³-hybridized carbons (Fsp3) is 0.500. The van der Waals surface area contributed by atoms with Gasteiger partial charge in [-0.1, -0.05) is 0 Å². The highest BCUT2D eigenvalue weighted by atomic mass is 16.6. The molecule has 1 atom stereocenters. The third-order valence-corrected chi connectivity index (χ3v) is 0.573. The minimum atomic E-state index is -1.32. The van der Waals surface area contributed by atoms with Crippen molar-refractivity contribution in [2.45, 2.75) is 13.2 Å². The van der Waals surface area contributed by atoms with Crippen molar-refractivity contribution in [3.05, 3.63) is 0 Å². The van der Waals surface area contributed by atoms with E-state index in [4.69, 9.17) is 5.73 Å². The number of hydrogen-bond donors (Lipinski definition) is 2. The Morgan fingerprint density at radius 2 is 1.90 bits per heavy atom. The molecule has 0 aromatic heterocycles. The maximum atomic E-state index is 10.1. The summed E-state index contributed by atoms with van der Waals surface area (Å²) in [7, 11) is 0. The maximum Gasteiger partial charge on any atom is 0.304 e. The summed E-state index contributed by atoms with van der Waals surface area (Å²) in [4.78, 5) is 20.1. The van der Waals surface area contributed by atoms with E-state index in [2.05, 4.69) is 10.5 Å². The molecule has 0 radical (unpaired) electrons. The van der Waals surface area contributed by atoms with Gasteiger partial charge in [0.15, 0.2) is 0 Å². The van der Waals surface area contributed by atoms with Crippen molar-refractivity contribution in [2.24, 2.45) is 11.5 Å². The molecule has 0 rings (SSSR count). The number of amides is 1. The van der Waals surface area contributed by atoms with Gasteiger partial charge in [0.25, 0.3) is 5.91 Å². The number of nitrogens with two attached hydrogens (primary N) is 2. The highest BCUT2D eigenvalue weighted by Crippen LogP contribution is 1.80. The van der Waals surface area contributed by atoms with Crippen molar-refractivity contribution >= 4 is 11.9 Å². The summed E-state index contributed by atoms with van der Waals surface area (Å²) in [6.45, 7) is 1.14. The van der Waals surface area contributed by atoms with Crippen LogP contribution in [-0.4, -0.2) is 23.6 Å². The second-order valence-electron chi connectivity index (χ2n) is 1.43. The molecule has 0 aliphatic rings. The number of ether oxygens (including phenoxy) is 1. The largest absolute Gasteiger partial charge is 0.437 e. The summed E-state index contributed by atoms with van der Waals surface area (Å²) in [6, 6.07) is 0. The first-order chi connectivity index (χ1) is 4.04. The van der Waals surface area contributed by atoms with E-state index in [0.29, 0.717) is 0 Å². The molecule has 0 heterocycles. The molecule has 0 aliphatic heterocycles. The molecule has 6 nitrogen and oxygen atoms in total. The molecule has 0 aromatic carbocycles. The fourth-order valence-corrected chi connectivity index (χ4v) is 0.237. The molecule has 0 bridgehead atoms. The van der Waals surface area contributed by atoms with Crippen molar-refractivity contribution < 1.29 is 19.8 Å². The van der Waals surface area contributed by atoms with Crippen LogP contribution in [0.25, 0.3) is 0 Å². The van der Waals surface area contributed by atoms with Crippen molar-refractivity contribution in [1.82, 2.24) is 0 Å². The van der Waals surface area contributed by atoms with Gasteiger partial charge in [0.1, 0.15) is 0 Å². The quantitative estimate of drug-likeness (QED) is 0.333. The van der Waals surface area contributed by atoms with Crippen molar-refractivity contribution in [3.63, 3.8) is 0 Å². The number of hydrogen-bond acceptors (Lipinski definition) is 4. The van der Waals surface area contributed by atoms with Gasteiger partial charge in [0, 0.05) is 6.92 Å². The number of esters is 1. The molecule has 1 unspecified atom stereocenters. The van der Waals surface area contributed by atoms with Crippen LogP contribution < -0.4 is 11.5 Å². The zero-order valence-corrected chi connectivity index (χ0v) is 5.46. The standard InChI is InChI=1S/C4H8N2O3.H2O/c1-2(7)9-4(6)3(5)8;/h4H,6H2,1H3,(H2,5,8);1H2. The Labute approximate surface area is 57.4 Å². The van der Waals surface area contributed by atoms with Gasteiger partial charge in [0.2, 0.25) is 6.23 Å². The van der Waals surface area contributed by atoms with Crippen LogP contribution in [0.4, 0.5) is 0 Å². The first-order valence-corrected chi connectivity index (χ1v) is 2.26. The van der Waals surface area contributed by atoms with Crippen LogP contribution in [0.3, 0.4) is 0 Å². The van der Waals surface area contributed by atoms with Gasteiger partial charge in [-0.25, -0.2) is 0 Å². The van der Waals surface area contributed by atoms with Crippen LogP contribution in [0.5, 0.6) is 0 Å². The maximum absolute atomic E-state index is 10.1. The van der Waals surface area contributed by atoms with Gasteiger partial charge in [-0.3, -0.25) is 15.3 Å². The second kappa shape index (κ2) is 4.71. The number of carbonyl (C=O) groups is 2. The lowest BCUT2D eigenvalue weighted by Crippen LogP contribution is -2.39. The number of primary amides is 1. The van der Waals surface area contributed by atoms with Crippen molar-refractivity contribution in [2.75, 3.05) is 0 Å². The Morgan fingerprint density at radius 3 is 2.00 bits per heavy atom. The van der Waals surface area contributed by atoms with Gasteiger partial charge in [-0.05, 0) is 0 Å². The third kappa shape index (κ3) is 5.01. The van der Waals surface area contributed by atoms with Crippen LogP contribution in [0, 0.1) is 0 Å². The van der Waals surface area contributed by atoms with Gasteiger partial charge >= 0.3 is 5.97 Å². The highest BCUT2D eigenvalue weighted by molar-refractivity contribution is 5.80. The smallest absolute Gasteiger partial charge is 0.304 e. The Balaban J connectivity index is 0. The monoisotopic (exact) mass is 150 g/mol. The molecule has 0 aromatic rings. The minimum Gasteiger partial charge on any atom is -0.437 e. The SMILES string of the molecule is CC(=O)OC(N)C(N)=O.O. The van der Waals surface area contributed by atoms with E-state index in [-0.39, 0.29) is 5.48 Å². The Kier molecular flexibility index (Phi) is 5.48. The van der Waals surface area contributed by atoms with Crippen molar-refractivity contribution in [1.29, 1.82) is 0 Å². The summed E-state index contributed by atoms with van der Waals surface area (Å²) < 4.78 is 4.18. The average Bonchev–Trinajstić information content (AvgIpc) is 1.63. The lowest BCUT2D eigenvalue weighted by Gasteiger charge is -2.05. The van der Waals surface area contributed by atoms with Crippen LogP contribution >= 0.6 is 0 Å². The first-order valence-electron chi connectivity index (χ1n) is 2.26. The van der Waals surface area contributed by atoms with Gasteiger partial charge in [0.05, 0.1) is 0 Å². The molecule has 0 aliphatic carbocycles. The zero-order valence-electron chi connectivity index (χ0n) is 5.46. The van der Waals surface area contributed by atoms with Crippen LogP contribution in [-0.2, 0) is 14.3 Å².